The van der Waals surface area contributed by atoms with Crippen LogP contribution in [0.2, 0.25) is 5.02 Å². The number of fused-ring (bicyclic) bond motifs is 1. The van der Waals surface area contributed by atoms with E-state index in [4.69, 9.17) is 40.3 Å². The molecule has 10 nitrogen and oxygen atoms in total. The molecule has 146 valence electrons. The lowest BCUT2D eigenvalue weighted by molar-refractivity contribution is 0.381. The number of aryl methyl sites for hydroxylation is 1. The van der Waals surface area contributed by atoms with Gasteiger partial charge in [-0.1, -0.05) is 29.8 Å². The molecule has 0 aliphatic heterocycles. The molecular formula is C15H19ClN6O4S. The summed E-state index contributed by atoms with van der Waals surface area (Å²) in [4.78, 5) is 0. The summed E-state index contributed by atoms with van der Waals surface area (Å²) in [6.45, 7) is 1.94. The Morgan fingerprint density at radius 1 is 1.41 bits per heavy atom. The highest BCUT2D eigenvalue weighted by Crippen LogP contribution is 2.36. The number of hydrazone groups is 1. The Hall–Kier alpha value is -2.47. The first-order chi connectivity index (χ1) is 12.6. The number of nitrogens with one attached hydrogen (secondary N) is 3. The first-order valence-corrected chi connectivity index (χ1v) is 9.49. The molecule has 1 atom stereocenters. The molecule has 7 N–H and O–H groups in total. The third-order valence-electron chi connectivity index (χ3n) is 3.86. The van der Waals surface area contributed by atoms with Gasteiger partial charge in [-0.3, -0.25) is 19.6 Å². The van der Waals surface area contributed by atoms with E-state index in [1.54, 1.807) is 0 Å². The van der Waals surface area contributed by atoms with Crippen molar-refractivity contribution in [3.8, 4) is 0 Å². The third kappa shape index (κ3) is 6.03. The van der Waals surface area contributed by atoms with Crippen LogP contribution in [-0.4, -0.2) is 39.4 Å². The molecule has 0 spiro atoms. The molecule has 0 saturated carbocycles. The zero-order chi connectivity index (χ0) is 20.2. The van der Waals surface area contributed by atoms with Gasteiger partial charge in [0, 0.05) is 16.3 Å². The fraction of sp³-hybridized carbons (Fsp3) is 0.267. The van der Waals surface area contributed by atoms with Crippen LogP contribution in [0, 0.1) is 12.3 Å². The molecule has 0 saturated heterocycles. The van der Waals surface area contributed by atoms with Crippen LogP contribution in [0.5, 0.6) is 0 Å². The van der Waals surface area contributed by atoms with Crippen LogP contribution >= 0.6 is 11.6 Å². The second kappa shape index (κ2) is 8.48. The van der Waals surface area contributed by atoms with Gasteiger partial charge in [0.2, 0.25) is 5.96 Å². The monoisotopic (exact) mass is 414 g/mol. The van der Waals surface area contributed by atoms with Crippen LogP contribution in [0.3, 0.4) is 0 Å². The minimum absolute atomic E-state index is 0.185. The SMILES string of the molecule is Cc1n[nH]c2c1/C(=N\NC(=N)N)CC(c1ccccc1Cl)C2.O=S(=O)(O)O. The van der Waals surface area contributed by atoms with Gasteiger partial charge in [-0.2, -0.15) is 18.6 Å². The zero-order valence-corrected chi connectivity index (χ0v) is 15.8. The fourth-order valence-electron chi connectivity index (χ4n) is 2.92. The second-order valence-electron chi connectivity index (χ2n) is 5.82. The smallest absolute Gasteiger partial charge is 0.369 e. The van der Waals surface area contributed by atoms with E-state index in [1.165, 1.54) is 0 Å². The average molecular weight is 415 g/mol. The van der Waals surface area contributed by atoms with Crippen molar-refractivity contribution in [1.82, 2.24) is 15.6 Å². The van der Waals surface area contributed by atoms with Crippen LogP contribution in [0.15, 0.2) is 29.4 Å². The fourth-order valence-corrected chi connectivity index (χ4v) is 3.21. The van der Waals surface area contributed by atoms with Crippen LogP contribution in [0.25, 0.3) is 0 Å². The van der Waals surface area contributed by atoms with Gasteiger partial charge in [0.05, 0.1) is 11.4 Å². The maximum Gasteiger partial charge on any atom is 0.394 e. The number of benzene rings is 1. The van der Waals surface area contributed by atoms with E-state index in [1.807, 2.05) is 31.2 Å². The van der Waals surface area contributed by atoms with E-state index in [-0.39, 0.29) is 11.9 Å². The van der Waals surface area contributed by atoms with Crippen molar-refractivity contribution in [1.29, 1.82) is 5.41 Å². The number of hydrogen-bond acceptors (Lipinski definition) is 5. The van der Waals surface area contributed by atoms with Crippen molar-refractivity contribution < 1.29 is 17.5 Å². The molecule has 0 amide bonds. The van der Waals surface area contributed by atoms with E-state index in [9.17, 15) is 0 Å². The van der Waals surface area contributed by atoms with Gasteiger partial charge in [0.15, 0.2) is 0 Å². The zero-order valence-electron chi connectivity index (χ0n) is 14.3. The predicted molar refractivity (Wildman–Crippen MR) is 102 cm³/mol. The van der Waals surface area contributed by atoms with Crippen molar-refractivity contribution in [2.45, 2.75) is 25.7 Å². The van der Waals surface area contributed by atoms with Crippen molar-refractivity contribution >= 4 is 33.7 Å². The maximum atomic E-state index is 8.74. The third-order valence-corrected chi connectivity index (χ3v) is 4.20. The number of nitrogens with two attached hydrogens (primary N) is 1. The molecule has 3 rings (SSSR count). The number of halogens is 1. The Morgan fingerprint density at radius 2 is 2.04 bits per heavy atom. The lowest BCUT2D eigenvalue weighted by Crippen LogP contribution is -2.29. The van der Waals surface area contributed by atoms with Gasteiger partial charge in [-0.25, -0.2) is 5.43 Å². The van der Waals surface area contributed by atoms with Crippen LogP contribution in [-0.2, 0) is 16.8 Å². The van der Waals surface area contributed by atoms with Gasteiger partial charge in [0.1, 0.15) is 0 Å². The van der Waals surface area contributed by atoms with Gasteiger partial charge < -0.3 is 5.73 Å². The summed E-state index contributed by atoms with van der Waals surface area (Å²) in [5.74, 6) is 0.0311. The summed E-state index contributed by atoms with van der Waals surface area (Å²) in [5, 5.41) is 19.7. The van der Waals surface area contributed by atoms with E-state index in [0.717, 1.165) is 46.1 Å². The first-order valence-electron chi connectivity index (χ1n) is 7.71. The Kier molecular flexibility index (Phi) is 6.54. The summed E-state index contributed by atoms with van der Waals surface area (Å²) in [6.07, 6.45) is 1.55. The number of rotatable bonds is 2. The summed E-state index contributed by atoms with van der Waals surface area (Å²) < 4.78 is 31.6. The Bertz CT molecular complexity index is 964. The van der Waals surface area contributed by atoms with Crippen LogP contribution in [0.1, 0.15) is 34.9 Å². The largest absolute Gasteiger partial charge is 0.394 e. The Labute approximate surface area is 160 Å². The molecule has 1 heterocycles. The number of guanidine groups is 1. The topological polar surface area (TPSA) is 178 Å². The normalized spacial score (nSPS) is 17.6. The first kappa shape index (κ1) is 20.8. The van der Waals surface area contributed by atoms with Crippen molar-refractivity contribution in [3.63, 3.8) is 0 Å². The van der Waals surface area contributed by atoms with E-state index < -0.39 is 10.4 Å². The quantitative estimate of drug-likeness (QED) is 0.187. The highest BCUT2D eigenvalue weighted by Gasteiger charge is 2.29. The van der Waals surface area contributed by atoms with Gasteiger partial charge in [0.25, 0.3) is 0 Å². The molecule has 1 unspecified atom stereocenters. The molecule has 1 aliphatic carbocycles. The van der Waals surface area contributed by atoms with E-state index in [2.05, 4.69) is 20.7 Å². The lowest BCUT2D eigenvalue weighted by atomic mass is 9.81. The molecule has 0 bridgehead atoms. The summed E-state index contributed by atoms with van der Waals surface area (Å²) in [6, 6.07) is 7.85. The molecule has 2 aromatic rings. The molecule has 1 aromatic heterocycles. The minimum atomic E-state index is -4.67. The van der Waals surface area contributed by atoms with Crippen LogP contribution < -0.4 is 11.2 Å². The molecule has 1 aromatic carbocycles. The lowest BCUT2D eigenvalue weighted by Gasteiger charge is -2.24. The predicted octanol–water partition coefficient (Wildman–Crippen LogP) is 1.64. The molecule has 0 radical (unpaired) electrons. The molecular weight excluding hydrogens is 396 g/mol. The van der Waals surface area contributed by atoms with Gasteiger partial charge >= 0.3 is 10.4 Å². The van der Waals surface area contributed by atoms with Crippen molar-refractivity contribution in [2.24, 2.45) is 10.8 Å². The maximum absolute atomic E-state index is 8.74. The van der Waals surface area contributed by atoms with Gasteiger partial charge in [-0.05, 0) is 37.3 Å². The minimum Gasteiger partial charge on any atom is -0.369 e. The molecule has 27 heavy (non-hydrogen) atoms. The highest BCUT2D eigenvalue weighted by molar-refractivity contribution is 7.79. The van der Waals surface area contributed by atoms with Crippen molar-refractivity contribution in [3.05, 3.63) is 51.8 Å². The molecule has 12 heteroatoms. The molecule has 1 aliphatic rings. The summed E-state index contributed by atoms with van der Waals surface area (Å²) in [5.41, 5.74) is 12.8. The van der Waals surface area contributed by atoms with Crippen LogP contribution in [0.4, 0.5) is 0 Å². The standard InChI is InChI=1S/C15H17ClN6.H2O4S/c1-8-14-12(20-19-8)6-9(7-13(14)21-22-15(17)18)10-4-2-3-5-11(10)16;1-5(2,3)4/h2-5,9H,6-7H2,1H3,(H,19,20)(H4,17,18,22);(H2,1,2,3,4)/b21-13-;. The number of aromatic nitrogens is 2. The van der Waals surface area contributed by atoms with E-state index >= 15 is 0 Å². The Balaban J connectivity index is 0.000000465. The average Bonchev–Trinajstić information content (AvgIpc) is 2.93. The molecule has 0 fully saturated rings. The Morgan fingerprint density at radius 3 is 2.63 bits per heavy atom. The summed E-state index contributed by atoms with van der Waals surface area (Å²) >= 11 is 6.33. The number of H-pyrrole nitrogens is 1. The number of aromatic amines is 1. The van der Waals surface area contributed by atoms with Gasteiger partial charge in [-0.15, -0.1) is 0 Å². The second-order valence-corrected chi connectivity index (χ2v) is 7.12. The van der Waals surface area contributed by atoms with E-state index in [0.29, 0.717) is 0 Å². The van der Waals surface area contributed by atoms with Crippen molar-refractivity contribution in [2.75, 3.05) is 0 Å². The highest BCUT2D eigenvalue weighted by atomic mass is 35.5. The number of hydrogen-bond donors (Lipinski definition) is 6. The summed E-state index contributed by atoms with van der Waals surface area (Å²) in [7, 11) is -4.67. The number of nitrogens with zero attached hydrogens (tertiary/aromatic N) is 2.